The van der Waals surface area contributed by atoms with Crippen molar-refractivity contribution < 1.29 is 4.79 Å². The van der Waals surface area contributed by atoms with E-state index in [0.717, 1.165) is 12.1 Å². The summed E-state index contributed by atoms with van der Waals surface area (Å²) in [5, 5.41) is 0. The SMILES string of the molecule is CC1CC(C)C(C)N(C(=O)c2ccc(N)cc2)C1. The van der Waals surface area contributed by atoms with Gasteiger partial charge in [0.05, 0.1) is 0 Å². The third-order valence-corrected chi connectivity index (χ3v) is 4.02. The van der Waals surface area contributed by atoms with Crippen LogP contribution in [-0.4, -0.2) is 23.4 Å². The van der Waals surface area contributed by atoms with Gasteiger partial charge in [-0.1, -0.05) is 13.8 Å². The van der Waals surface area contributed by atoms with Crippen molar-refractivity contribution in [3.63, 3.8) is 0 Å². The third-order valence-electron chi connectivity index (χ3n) is 4.02. The summed E-state index contributed by atoms with van der Waals surface area (Å²) in [7, 11) is 0. The number of amides is 1. The first kappa shape index (κ1) is 12.9. The Bertz CT molecular complexity index is 427. The number of carbonyl (C=O) groups excluding carboxylic acids is 1. The summed E-state index contributed by atoms with van der Waals surface area (Å²) in [5.41, 5.74) is 7.08. The van der Waals surface area contributed by atoms with Crippen molar-refractivity contribution in [1.82, 2.24) is 4.90 Å². The molecule has 98 valence electrons. The average Bonchev–Trinajstić information content (AvgIpc) is 2.34. The molecule has 1 aromatic carbocycles. The van der Waals surface area contributed by atoms with Crippen molar-refractivity contribution in [2.24, 2.45) is 11.8 Å². The van der Waals surface area contributed by atoms with Gasteiger partial charge in [-0.05, 0) is 49.4 Å². The highest BCUT2D eigenvalue weighted by Crippen LogP contribution is 2.28. The molecule has 0 spiro atoms. The molecular weight excluding hydrogens is 224 g/mol. The van der Waals surface area contributed by atoms with E-state index >= 15 is 0 Å². The van der Waals surface area contributed by atoms with Crippen molar-refractivity contribution in [3.05, 3.63) is 29.8 Å². The van der Waals surface area contributed by atoms with Gasteiger partial charge in [-0.15, -0.1) is 0 Å². The third kappa shape index (κ3) is 2.50. The number of nitrogen functional groups attached to an aromatic ring is 1. The van der Waals surface area contributed by atoms with Crippen LogP contribution in [0.5, 0.6) is 0 Å². The van der Waals surface area contributed by atoms with Gasteiger partial charge in [-0.25, -0.2) is 0 Å². The van der Waals surface area contributed by atoms with E-state index < -0.39 is 0 Å². The fourth-order valence-electron chi connectivity index (χ4n) is 2.77. The molecule has 3 nitrogen and oxygen atoms in total. The van der Waals surface area contributed by atoms with Crippen molar-refractivity contribution in [2.75, 3.05) is 12.3 Å². The molecule has 1 aliphatic rings. The number of nitrogens with zero attached hydrogens (tertiary/aromatic N) is 1. The number of likely N-dealkylation sites (tertiary alicyclic amines) is 1. The fourth-order valence-corrected chi connectivity index (χ4v) is 2.77. The molecule has 3 heteroatoms. The van der Waals surface area contributed by atoms with Crippen LogP contribution in [0.3, 0.4) is 0 Å². The van der Waals surface area contributed by atoms with Gasteiger partial charge < -0.3 is 10.6 Å². The average molecular weight is 246 g/mol. The maximum atomic E-state index is 12.5. The maximum absolute atomic E-state index is 12.5. The van der Waals surface area contributed by atoms with Gasteiger partial charge in [-0.2, -0.15) is 0 Å². The highest BCUT2D eigenvalue weighted by Gasteiger charge is 2.32. The van der Waals surface area contributed by atoms with Gasteiger partial charge in [0.15, 0.2) is 0 Å². The van der Waals surface area contributed by atoms with Crippen LogP contribution in [0.2, 0.25) is 0 Å². The zero-order chi connectivity index (χ0) is 13.3. The second-order valence-corrected chi connectivity index (χ2v) is 5.64. The molecule has 1 heterocycles. The van der Waals surface area contributed by atoms with E-state index in [1.165, 1.54) is 6.42 Å². The molecule has 0 bridgehead atoms. The van der Waals surface area contributed by atoms with E-state index in [9.17, 15) is 4.79 Å². The summed E-state index contributed by atoms with van der Waals surface area (Å²) in [6, 6.07) is 7.51. The second-order valence-electron chi connectivity index (χ2n) is 5.64. The van der Waals surface area contributed by atoms with Crippen LogP contribution >= 0.6 is 0 Å². The quantitative estimate of drug-likeness (QED) is 0.774. The summed E-state index contributed by atoms with van der Waals surface area (Å²) < 4.78 is 0. The lowest BCUT2D eigenvalue weighted by atomic mass is 9.85. The zero-order valence-electron chi connectivity index (χ0n) is 11.4. The van der Waals surface area contributed by atoms with Crippen LogP contribution in [0.25, 0.3) is 0 Å². The first-order valence-corrected chi connectivity index (χ1v) is 6.65. The number of carbonyl (C=O) groups is 1. The standard InChI is InChI=1S/C15H22N2O/c1-10-8-11(2)12(3)17(9-10)15(18)13-4-6-14(16)7-5-13/h4-7,10-12H,8-9,16H2,1-3H3. The number of nitrogens with two attached hydrogens (primary N) is 1. The summed E-state index contributed by atoms with van der Waals surface area (Å²) in [6.45, 7) is 7.44. The summed E-state index contributed by atoms with van der Waals surface area (Å²) in [5.74, 6) is 1.27. The Kier molecular flexibility index (Phi) is 3.60. The molecule has 1 fully saturated rings. The number of hydrogen-bond acceptors (Lipinski definition) is 2. The van der Waals surface area contributed by atoms with Crippen LogP contribution in [0, 0.1) is 11.8 Å². The van der Waals surface area contributed by atoms with Crippen LogP contribution in [0.1, 0.15) is 37.6 Å². The lowest BCUT2D eigenvalue weighted by molar-refractivity contribution is 0.0456. The van der Waals surface area contributed by atoms with E-state index in [0.29, 0.717) is 23.6 Å². The Balaban J connectivity index is 2.19. The Morgan fingerprint density at radius 1 is 1.22 bits per heavy atom. The summed E-state index contributed by atoms with van der Waals surface area (Å²) >= 11 is 0. The molecule has 1 aromatic rings. The molecule has 0 saturated carbocycles. The highest BCUT2D eigenvalue weighted by molar-refractivity contribution is 5.94. The molecule has 3 unspecified atom stereocenters. The second kappa shape index (κ2) is 5.01. The minimum atomic E-state index is 0.126. The van der Waals surface area contributed by atoms with Gasteiger partial charge >= 0.3 is 0 Å². The molecule has 1 saturated heterocycles. The Morgan fingerprint density at radius 2 is 1.83 bits per heavy atom. The molecule has 0 aliphatic carbocycles. The molecule has 1 amide bonds. The van der Waals surface area contributed by atoms with Crippen molar-refractivity contribution in [3.8, 4) is 0 Å². The lowest BCUT2D eigenvalue weighted by Crippen LogP contribution is -2.48. The minimum absolute atomic E-state index is 0.126. The molecule has 0 aromatic heterocycles. The Morgan fingerprint density at radius 3 is 2.44 bits per heavy atom. The highest BCUT2D eigenvalue weighted by atomic mass is 16.2. The van der Waals surface area contributed by atoms with Crippen LogP contribution in [-0.2, 0) is 0 Å². The molecule has 2 N–H and O–H groups in total. The van der Waals surface area contributed by atoms with Crippen molar-refractivity contribution in [1.29, 1.82) is 0 Å². The first-order chi connectivity index (χ1) is 8.49. The van der Waals surface area contributed by atoms with Gasteiger partial charge in [-0.3, -0.25) is 4.79 Å². The van der Waals surface area contributed by atoms with Crippen LogP contribution in [0.15, 0.2) is 24.3 Å². The number of anilines is 1. The Hall–Kier alpha value is -1.51. The van der Waals surface area contributed by atoms with E-state index in [2.05, 4.69) is 20.8 Å². The summed E-state index contributed by atoms with van der Waals surface area (Å²) in [4.78, 5) is 14.5. The topological polar surface area (TPSA) is 46.3 Å². The largest absolute Gasteiger partial charge is 0.399 e. The predicted octanol–water partition coefficient (Wildman–Crippen LogP) is 2.78. The molecular formula is C15H22N2O. The van der Waals surface area contributed by atoms with Crippen molar-refractivity contribution in [2.45, 2.75) is 33.2 Å². The monoisotopic (exact) mass is 246 g/mol. The predicted molar refractivity (Wildman–Crippen MR) is 74.3 cm³/mol. The Labute approximate surface area is 109 Å². The molecule has 18 heavy (non-hydrogen) atoms. The minimum Gasteiger partial charge on any atom is -0.399 e. The lowest BCUT2D eigenvalue weighted by Gasteiger charge is -2.41. The summed E-state index contributed by atoms with van der Waals surface area (Å²) in [6.07, 6.45) is 1.20. The van der Waals surface area contributed by atoms with Gasteiger partial charge in [0, 0.05) is 23.8 Å². The molecule has 3 atom stereocenters. The van der Waals surface area contributed by atoms with Crippen molar-refractivity contribution >= 4 is 11.6 Å². The zero-order valence-corrected chi connectivity index (χ0v) is 11.4. The van der Waals surface area contributed by atoms with E-state index in [-0.39, 0.29) is 5.91 Å². The number of benzene rings is 1. The molecule has 0 radical (unpaired) electrons. The van der Waals surface area contributed by atoms with E-state index in [1.54, 1.807) is 12.1 Å². The van der Waals surface area contributed by atoms with E-state index in [4.69, 9.17) is 5.73 Å². The molecule has 2 rings (SSSR count). The fraction of sp³-hybridized carbons (Fsp3) is 0.533. The maximum Gasteiger partial charge on any atom is 0.254 e. The molecule has 1 aliphatic heterocycles. The number of rotatable bonds is 1. The van der Waals surface area contributed by atoms with Gasteiger partial charge in [0.25, 0.3) is 5.91 Å². The smallest absolute Gasteiger partial charge is 0.254 e. The van der Waals surface area contributed by atoms with Crippen LogP contribution < -0.4 is 5.73 Å². The normalized spacial score (nSPS) is 28.2. The first-order valence-electron chi connectivity index (χ1n) is 6.65. The van der Waals surface area contributed by atoms with E-state index in [1.807, 2.05) is 17.0 Å². The number of hydrogen-bond donors (Lipinski definition) is 1. The van der Waals surface area contributed by atoms with Crippen LogP contribution in [0.4, 0.5) is 5.69 Å². The van der Waals surface area contributed by atoms with Gasteiger partial charge in [0.2, 0.25) is 0 Å². The van der Waals surface area contributed by atoms with Gasteiger partial charge in [0.1, 0.15) is 0 Å². The number of piperidine rings is 1.